The lowest BCUT2D eigenvalue weighted by molar-refractivity contribution is 0.0473. The van der Waals surface area contributed by atoms with Crippen molar-refractivity contribution in [3.8, 4) is 5.75 Å². The summed E-state index contributed by atoms with van der Waals surface area (Å²) in [4.78, 5) is 1.33. The van der Waals surface area contributed by atoms with Crippen LogP contribution in [-0.2, 0) is 0 Å². The van der Waals surface area contributed by atoms with Crippen molar-refractivity contribution >= 4 is 23.2 Å². The first-order chi connectivity index (χ1) is 8.90. The van der Waals surface area contributed by atoms with E-state index in [-0.39, 0.29) is 18.9 Å². The minimum absolute atomic E-state index is 0.0724. The number of ether oxygens (including phenoxy) is 1. The molecule has 0 aliphatic rings. The van der Waals surface area contributed by atoms with Gasteiger partial charge in [-0.3, -0.25) is 4.90 Å². The highest BCUT2D eigenvalue weighted by Gasteiger charge is 2.14. The van der Waals surface area contributed by atoms with Crippen LogP contribution in [0.4, 0.5) is 8.78 Å². The molecule has 0 bridgehead atoms. The fourth-order valence-corrected chi connectivity index (χ4v) is 2.03. The van der Waals surface area contributed by atoms with Crippen molar-refractivity contribution in [3.63, 3.8) is 0 Å². The van der Waals surface area contributed by atoms with Crippen LogP contribution in [0.1, 0.15) is 0 Å². The maximum atomic E-state index is 12.1. The lowest BCUT2D eigenvalue weighted by Gasteiger charge is -2.20. The van der Waals surface area contributed by atoms with Crippen LogP contribution in [0.2, 0.25) is 10.0 Å². The normalized spacial score (nSPS) is 13.1. The van der Waals surface area contributed by atoms with Gasteiger partial charge in [0.25, 0.3) is 6.43 Å². The molecule has 1 rings (SSSR count). The Hall–Kier alpha value is -0.620. The second-order valence-corrected chi connectivity index (χ2v) is 4.94. The van der Waals surface area contributed by atoms with Crippen LogP contribution in [0.3, 0.4) is 0 Å². The van der Waals surface area contributed by atoms with Crippen molar-refractivity contribution in [2.75, 3.05) is 26.7 Å². The molecule has 1 aromatic rings. The Balaban J connectivity index is 2.44. The van der Waals surface area contributed by atoms with Gasteiger partial charge in [0.1, 0.15) is 12.7 Å². The molecular formula is C12H15Cl2F2NO2. The van der Waals surface area contributed by atoms with Gasteiger partial charge < -0.3 is 9.84 Å². The molecule has 0 amide bonds. The monoisotopic (exact) mass is 313 g/mol. The predicted molar refractivity (Wildman–Crippen MR) is 71.5 cm³/mol. The van der Waals surface area contributed by atoms with Crippen LogP contribution in [-0.4, -0.2) is 49.3 Å². The largest absolute Gasteiger partial charge is 0.488 e. The molecule has 108 valence electrons. The number of alkyl halides is 2. The van der Waals surface area contributed by atoms with E-state index in [1.165, 1.54) is 11.9 Å². The van der Waals surface area contributed by atoms with E-state index in [1.54, 1.807) is 18.2 Å². The molecule has 0 aromatic heterocycles. The van der Waals surface area contributed by atoms with Crippen LogP contribution in [0, 0.1) is 0 Å². The molecule has 1 aromatic carbocycles. The maximum Gasteiger partial charge on any atom is 0.251 e. The Bertz CT molecular complexity index is 387. The van der Waals surface area contributed by atoms with Crippen LogP contribution in [0.5, 0.6) is 5.75 Å². The zero-order valence-corrected chi connectivity index (χ0v) is 11.8. The highest BCUT2D eigenvalue weighted by atomic mass is 35.5. The van der Waals surface area contributed by atoms with Crippen molar-refractivity contribution < 1.29 is 18.6 Å². The second kappa shape index (κ2) is 7.85. The zero-order chi connectivity index (χ0) is 14.4. The summed E-state index contributed by atoms with van der Waals surface area (Å²) in [6.45, 7) is -0.395. The minimum Gasteiger partial charge on any atom is -0.488 e. The fraction of sp³-hybridized carbons (Fsp3) is 0.500. The molecule has 0 radical (unpaired) electrons. The van der Waals surface area contributed by atoms with Crippen LogP contribution in [0.25, 0.3) is 0 Å². The summed E-state index contributed by atoms with van der Waals surface area (Å²) in [5.74, 6) is 0.279. The third kappa shape index (κ3) is 5.91. The Morgan fingerprint density at radius 1 is 1.26 bits per heavy atom. The van der Waals surface area contributed by atoms with Gasteiger partial charge in [0.05, 0.1) is 16.6 Å². The number of hydrogen-bond donors (Lipinski definition) is 1. The lowest BCUT2D eigenvalue weighted by atomic mass is 10.3. The van der Waals surface area contributed by atoms with Crippen LogP contribution < -0.4 is 4.74 Å². The molecule has 0 fully saturated rings. The highest BCUT2D eigenvalue weighted by Crippen LogP contribution is 2.32. The maximum absolute atomic E-state index is 12.1. The average molecular weight is 314 g/mol. The molecule has 0 heterocycles. The van der Waals surface area contributed by atoms with Gasteiger partial charge in [-0.2, -0.15) is 0 Å². The number of likely N-dealkylation sites (N-methyl/N-ethyl adjacent to an activating group) is 1. The van der Waals surface area contributed by atoms with Gasteiger partial charge in [-0.25, -0.2) is 8.78 Å². The van der Waals surface area contributed by atoms with Crippen molar-refractivity contribution in [3.05, 3.63) is 28.2 Å². The number of hydrogen-bond acceptors (Lipinski definition) is 3. The van der Waals surface area contributed by atoms with E-state index in [4.69, 9.17) is 27.9 Å². The summed E-state index contributed by atoms with van der Waals surface area (Å²) in [6, 6.07) is 4.89. The van der Waals surface area contributed by atoms with Gasteiger partial charge in [-0.05, 0) is 19.2 Å². The van der Waals surface area contributed by atoms with E-state index in [0.717, 1.165) is 0 Å². The van der Waals surface area contributed by atoms with Gasteiger partial charge in [0.2, 0.25) is 0 Å². The van der Waals surface area contributed by atoms with Gasteiger partial charge in [0, 0.05) is 6.54 Å². The first-order valence-corrected chi connectivity index (χ1v) is 6.37. The molecule has 0 aliphatic heterocycles. The molecule has 0 saturated carbocycles. The Labute approximate surface area is 120 Å². The van der Waals surface area contributed by atoms with Crippen molar-refractivity contribution in [2.24, 2.45) is 0 Å². The van der Waals surface area contributed by atoms with E-state index in [1.807, 2.05) is 0 Å². The molecule has 0 spiro atoms. The zero-order valence-electron chi connectivity index (χ0n) is 10.3. The smallest absolute Gasteiger partial charge is 0.251 e. The number of aliphatic hydroxyl groups is 1. The third-order valence-electron chi connectivity index (χ3n) is 2.31. The van der Waals surface area contributed by atoms with Crippen LogP contribution in [0.15, 0.2) is 18.2 Å². The molecular weight excluding hydrogens is 299 g/mol. The minimum atomic E-state index is -2.43. The molecule has 1 atom stereocenters. The van der Waals surface area contributed by atoms with E-state index in [2.05, 4.69) is 0 Å². The standard InChI is InChI=1S/C12H15Cl2F2NO2/c1-17(6-11(15)16)5-8(18)7-19-12-9(13)3-2-4-10(12)14/h2-4,8,11,18H,5-7H2,1H3. The van der Waals surface area contributed by atoms with Crippen molar-refractivity contribution in [1.29, 1.82) is 0 Å². The second-order valence-electron chi connectivity index (χ2n) is 4.13. The molecule has 19 heavy (non-hydrogen) atoms. The number of halogens is 4. The summed E-state index contributed by atoms with van der Waals surface area (Å²) in [7, 11) is 1.50. The highest BCUT2D eigenvalue weighted by molar-refractivity contribution is 6.37. The third-order valence-corrected chi connectivity index (χ3v) is 2.91. The average Bonchev–Trinajstić information content (AvgIpc) is 2.26. The van der Waals surface area contributed by atoms with Crippen LogP contribution >= 0.6 is 23.2 Å². The lowest BCUT2D eigenvalue weighted by Crippen LogP contribution is -2.35. The number of para-hydroxylation sites is 1. The van der Waals surface area contributed by atoms with E-state index in [9.17, 15) is 13.9 Å². The summed E-state index contributed by atoms with van der Waals surface area (Å²) < 4.78 is 29.5. The van der Waals surface area contributed by atoms with Crippen molar-refractivity contribution in [2.45, 2.75) is 12.5 Å². The quantitative estimate of drug-likeness (QED) is 0.840. The summed E-state index contributed by atoms with van der Waals surface area (Å²) in [5, 5.41) is 10.3. The van der Waals surface area contributed by atoms with Crippen molar-refractivity contribution in [1.82, 2.24) is 4.90 Å². The molecule has 1 unspecified atom stereocenters. The molecule has 0 aliphatic carbocycles. The Kier molecular flexibility index (Phi) is 6.79. The summed E-state index contributed by atoms with van der Waals surface area (Å²) in [5.41, 5.74) is 0. The fourth-order valence-electron chi connectivity index (χ4n) is 1.52. The molecule has 3 nitrogen and oxygen atoms in total. The molecule has 1 N–H and O–H groups in total. The number of aliphatic hydroxyl groups excluding tert-OH is 1. The Morgan fingerprint density at radius 2 is 1.84 bits per heavy atom. The van der Waals surface area contributed by atoms with Gasteiger partial charge in [-0.15, -0.1) is 0 Å². The Morgan fingerprint density at radius 3 is 2.37 bits per heavy atom. The first-order valence-electron chi connectivity index (χ1n) is 5.61. The van der Waals surface area contributed by atoms with Gasteiger partial charge in [-0.1, -0.05) is 29.3 Å². The first kappa shape index (κ1) is 16.4. The van der Waals surface area contributed by atoms with E-state index < -0.39 is 19.1 Å². The summed E-state index contributed by atoms with van der Waals surface area (Å²) >= 11 is 11.8. The molecule has 0 saturated heterocycles. The number of benzene rings is 1. The van der Waals surface area contributed by atoms with E-state index >= 15 is 0 Å². The number of nitrogens with zero attached hydrogens (tertiary/aromatic N) is 1. The predicted octanol–water partition coefficient (Wildman–Crippen LogP) is 2.93. The van der Waals surface area contributed by atoms with E-state index in [0.29, 0.717) is 10.0 Å². The SMILES string of the molecule is CN(CC(F)F)CC(O)COc1c(Cl)cccc1Cl. The topological polar surface area (TPSA) is 32.7 Å². The van der Waals surface area contributed by atoms with Gasteiger partial charge >= 0.3 is 0 Å². The van der Waals surface area contributed by atoms with Gasteiger partial charge in [0.15, 0.2) is 5.75 Å². The number of rotatable bonds is 7. The molecule has 7 heteroatoms. The summed E-state index contributed by atoms with van der Waals surface area (Å²) in [6.07, 6.45) is -3.34.